The number of hydrogen-bond acceptors (Lipinski definition) is 4. The molecule has 10 heteroatoms. The smallest absolute Gasteiger partial charge is 0.302 e. The van der Waals surface area contributed by atoms with E-state index in [1.54, 1.807) is 6.92 Å². The Morgan fingerprint density at radius 2 is 1.88 bits per heavy atom. The quantitative estimate of drug-likeness (QED) is 0.809. The molecular formula is C15H15F3N2O4S. The summed E-state index contributed by atoms with van der Waals surface area (Å²) in [6.07, 6.45) is -2.69. The first-order chi connectivity index (χ1) is 11.4. The molecule has 0 bridgehead atoms. The highest BCUT2D eigenvalue weighted by Crippen LogP contribution is 2.31. The molecule has 0 atom stereocenters. The lowest BCUT2D eigenvalue weighted by Gasteiger charge is -2.12. The summed E-state index contributed by atoms with van der Waals surface area (Å²) >= 11 is 0. The normalized spacial score (nSPS) is 12.4. The van der Waals surface area contributed by atoms with Gasteiger partial charge in [-0.15, -0.1) is 0 Å². The van der Waals surface area contributed by atoms with Crippen molar-refractivity contribution in [1.82, 2.24) is 9.78 Å². The third-order valence-electron chi connectivity index (χ3n) is 3.50. The molecule has 0 spiro atoms. The maximum absolute atomic E-state index is 12.9. The van der Waals surface area contributed by atoms with Crippen LogP contribution >= 0.6 is 0 Å². The summed E-state index contributed by atoms with van der Waals surface area (Å²) in [7, 11) is -3.70. The van der Waals surface area contributed by atoms with Crippen LogP contribution in [0.3, 0.4) is 0 Å². The van der Waals surface area contributed by atoms with Crippen LogP contribution < -0.4 is 5.56 Å². The lowest BCUT2D eigenvalue weighted by atomic mass is 9.98. The number of carbonyl (C=O) groups is 1. The molecule has 136 valence electrons. The first-order valence-corrected chi connectivity index (χ1v) is 9.21. The lowest BCUT2D eigenvalue weighted by molar-refractivity contribution is -0.137. The molecule has 1 heterocycles. The van der Waals surface area contributed by atoms with Gasteiger partial charge in [-0.3, -0.25) is 14.3 Å². The van der Waals surface area contributed by atoms with Crippen LogP contribution in [0, 0.1) is 0 Å². The van der Waals surface area contributed by atoms with E-state index in [0.29, 0.717) is 12.1 Å². The SMILES string of the molecule is CCn1[nH]cc(C(=O)c2ccc(C(F)(F)F)cc2CS(C)(=O)=O)c1=O. The van der Waals surface area contributed by atoms with E-state index in [-0.39, 0.29) is 23.2 Å². The summed E-state index contributed by atoms with van der Waals surface area (Å²) in [5.41, 5.74) is -2.51. The standard InChI is InChI=1S/C15H15F3N2O4S/c1-3-20-14(22)12(7-19-20)13(21)11-5-4-10(15(16,17)18)6-9(11)8-25(2,23)24/h4-7,19H,3,8H2,1-2H3. The molecule has 2 rings (SSSR count). The number of carbonyl (C=O) groups excluding carboxylic acids is 1. The first kappa shape index (κ1) is 19.0. The Bertz CT molecular complexity index is 971. The third-order valence-corrected chi connectivity index (χ3v) is 4.33. The monoisotopic (exact) mass is 376 g/mol. The van der Waals surface area contributed by atoms with Crippen molar-refractivity contribution in [3.8, 4) is 0 Å². The van der Waals surface area contributed by atoms with Gasteiger partial charge in [0.1, 0.15) is 5.56 Å². The van der Waals surface area contributed by atoms with Crippen molar-refractivity contribution in [3.05, 3.63) is 57.0 Å². The molecule has 0 aliphatic carbocycles. The fraction of sp³-hybridized carbons (Fsp3) is 0.333. The van der Waals surface area contributed by atoms with Gasteiger partial charge in [-0.1, -0.05) is 6.07 Å². The number of H-pyrrole nitrogens is 1. The Hall–Kier alpha value is -2.36. The number of aromatic nitrogens is 2. The number of nitrogens with zero attached hydrogens (tertiary/aromatic N) is 1. The number of alkyl halides is 3. The van der Waals surface area contributed by atoms with E-state index in [0.717, 1.165) is 23.2 Å². The highest BCUT2D eigenvalue weighted by molar-refractivity contribution is 7.89. The number of sulfone groups is 1. The molecule has 2 aromatic rings. The number of aryl methyl sites for hydroxylation is 1. The maximum Gasteiger partial charge on any atom is 0.416 e. The zero-order chi connectivity index (χ0) is 19.0. The van der Waals surface area contributed by atoms with Gasteiger partial charge in [0.15, 0.2) is 15.6 Å². The number of hydrogen-bond donors (Lipinski definition) is 1. The minimum Gasteiger partial charge on any atom is -0.302 e. The van der Waals surface area contributed by atoms with Gasteiger partial charge in [-0.25, -0.2) is 8.42 Å². The summed E-state index contributed by atoms with van der Waals surface area (Å²) in [6, 6.07) is 2.21. The summed E-state index contributed by atoms with van der Waals surface area (Å²) in [4.78, 5) is 24.6. The Kier molecular flexibility index (Phi) is 4.94. The van der Waals surface area contributed by atoms with Crippen LogP contribution in [0.25, 0.3) is 0 Å². The van der Waals surface area contributed by atoms with Crippen LogP contribution in [-0.4, -0.2) is 30.2 Å². The summed E-state index contributed by atoms with van der Waals surface area (Å²) in [6.45, 7) is 1.94. The van der Waals surface area contributed by atoms with Crippen molar-refractivity contribution >= 4 is 15.6 Å². The summed E-state index contributed by atoms with van der Waals surface area (Å²) in [5.74, 6) is -1.58. The van der Waals surface area contributed by atoms with Crippen molar-refractivity contribution in [2.75, 3.05) is 6.26 Å². The van der Waals surface area contributed by atoms with Crippen molar-refractivity contribution in [2.45, 2.75) is 25.4 Å². The highest BCUT2D eigenvalue weighted by atomic mass is 32.2. The molecule has 6 nitrogen and oxygen atoms in total. The second kappa shape index (κ2) is 6.51. The number of halogens is 3. The lowest BCUT2D eigenvalue weighted by Crippen LogP contribution is -2.22. The molecule has 1 aromatic heterocycles. The number of nitrogens with one attached hydrogen (secondary N) is 1. The van der Waals surface area contributed by atoms with Gasteiger partial charge in [0.25, 0.3) is 5.56 Å². The number of benzene rings is 1. The second-order valence-corrected chi connectivity index (χ2v) is 7.65. The Balaban J connectivity index is 2.61. The highest BCUT2D eigenvalue weighted by Gasteiger charge is 2.32. The average molecular weight is 376 g/mol. The van der Waals surface area contributed by atoms with Crippen molar-refractivity contribution < 1.29 is 26.4 Å². The van der Waals surface area contributed by atoms with Crippen LogP contribution in [0.2, 0.25) is 0 Å². The molecular weight excluding hydrogens is 361 g/mol. The van der Waals surface area contributed by atoms with E-state index in [2.05, 4.69) is 5.10 Å². The van der Waals surface area contributed by atoms with Gasteiger partial charge >= 0.3 is 6.18 Å². The van der Waals surface area contributed by atoms with E-state index in [1.807, 2.05) is 0 Å². The molecule has 0 amide bonds. The molecule has 0 fully saturated rings. The molecule has 0 aliphatic heterocycles. The predicted octanol–water partition coefficient (Wildman–Crippen LogP) is 1.99. The first-order valence-electron chi connectivity index (χ1n) is 7.14. The van der Waals surface area contributed by atoms with Gasteiger partial charge in [-0.2, -0.15) is 13.2 Å². The fourth-order valence-electron chi connectivity index (χ4n) is 2.34. The second-order valence-electron chi connectivity index (χ2n) is 5.51. The van der Waals surface area contributed by atoms with Gasteiger partial charge in [0, 0.05) is 24.6 Å². The summed E-state index contributed by atoms with van der Waals surface area (Å²) < 4.78 is 62.8. The molecule has 1 N–H and O–H groups in total. The zero-order valence-corrected chi connectivity index (χ0v) is 14.2. The van der Waals surface area contributed by atoms with E-state index < -0.39 is 38.7 Å². The summed E-state index contributed by atoms with van der Waals surface area (Å²) in [5, 5.41) is 2.56. The Morgan fingerprint density at radius 1 is 1.24 bits per heavy atom. The molecule has 25 heavy (non-hydrogen) atoms. The van der Waals surface area contributed by atoms with Crippen molar-refractivity contribution in [2.24, 2.45) is 0 Å². The van der Waals surface area contributed by atoms with Gasteiger partial charge in [0.05, 0.1) is 11.3 Å². The van der Waals surface area contributed by atoms with E-state index in [4.69, 9.17) is 0 Å². The maximum atomic E-state index is 12.9. The predicted molar refractivity (Wildman–Crippen MR) is 84.2 cm³/mol. The van der Waals surface area contributed by atoms with E-state index in [1.165, 1.54) is 0 Å². The van der Waals surface area contributed by atoms with Crippen molar-refractivity contribution in [3.63, 3.8) is 0 Å². The van der Waals surface area contributed by atoms with Crippen LogP contribution in [-0.2, 0) is 28.3 Å². The number of aromatic amines is 1. The number of ketones is 1. The molecule has 0 unspecified atom stereocenters. The van der Waals surface area contributed by atoms with Gasteiger partial charge < -0.3 is 5.10 Å². The van der Waals surface area contributed by atoms with Crippen LogP contribution in [0.5, 0.6) is 0 Å². The Labute approximate surface area is 141 Å². The van der Waals surface area contributed by atoms with Crippen molar-refractivity contribution in [1.29, 1.82) is 0 Å². The topological polar surface area (TPSA) is 89.0 Å². The largest absolute Gasteiger partial charge is 0.416 e. The molecule has 1 aromatic carbocycles. The molecule has 0 radical (unpaired) electrons. The molecule has 0 aliphatic rings. The fourth-order valence-corrected chi connectivity index (χ4v) is 3.15. The minimum absolute atomic E-state index is 0.252. The van der Waals surface area contributed by atoms with Crippen LogP contribution in [0.4, 0.5) is 13.2 Å². The van der Waals surface area contributed by atoms with E-state index in [9.17, 15) is 31.2 Å². The average Bonchev–Trinajstić information content (AvgIpc) is 2.84. The molecule has 0 saturated carbocycles. The minimum atomic E-state index is -4.68. The van der Waals surface area contributed by atoms with Crippen LogP contribution in [0.15, 0.2) is 29.2 Å². The van der Waals surface area contributed by atoms with E-state index >= 15 is 0 Å². The molecule has 0 saturated heterocycles. The number of rotatable bonds is 5. The van der Waals surface area contributed by atoms with Crippen LogP contribution in [0.1, 0.15) is 34.0 Å². The third kappa shape index (κ3) is 4.19. The van der Waals surface area contributed by atoms with Gasteiger partial charge in [0.2, 0.25) is 0 Å². The zero-order valence-electron chi connectivity index (χ0n) is 13.3. The van der Waals surface area contributed by atoms with Gasteiger partial charge in [-0.05, 0) is 24.6 Å². The Morgan fingerprint density at radius 3 is 2.36 bits per heavy atom.